The zero-order chi connectivity index (χ0) is 13.2. The Morgan fingerprint density at radius 1 is 0.947 bits per heavy atom. The first-order valence-corrected chi connectivity index (χ1v) is 6.68. The fraction of sp³-hybridized carbons (Fsp3) is 0.143. The van der Waals surface area contributed by atoms with Gasteiger partial charge in [-0.2, -0.15) is 5.11 Å². The third-order valence-electron chi connectivity index (χ3n) is 3.06. The predicted molar refractivity (Wildman–Crippen MR) is 77.8 cm³/mol. The van der Waals surface area contributed by atoms with Crippen molar-refractivity contribution in [3.8, 4) is 0 Å². The maximum atomic E-state index is 6.27. The van der Waals surface area contributed by atoms with Crippen LogP contribution in [0.25, 0.3) is 0 Å². The van der Waals surface area contributed by atoms with E-state index in [2.05, 4.69) is 10.3 Å². The van der Waals surface area contributed by atoms with Crippen LogP contribution >= 0.6 is 23.2 Å². The van der Waals surface area contributed by atoms with Crippen LogP contribution in [0, 0.1) is 0 Å². The Kier molecular flexibility index (Phi) is 3.40. The van der Waals surface area contributed by atoms with Gasteiger partial charge in [-0.1, -0.05) is 52.7 Å². The summed E-state index contributed by atoms with van der Waals surface area (Å²) in [6.45, 7) is 0.554. The fourth-order valence-electron chi connectivity index (χ4n) is 2.18. The molecular formula is C14H11Cl2N3. The van der Waals surface area contributed by atoms with Gasteiger partial charge in [0, 0.05) is 15.6 Å². The summed E-state index contributed by atoms with van der Waals surface area (Å²) in [7, 11) is 0. The van der Waals surface area contributed by atoms with E-state index in [-0.39, 0.29) is 6.04 Å². The SMILES string of the molecule is Clc1cccc(Cl)c1C1CN=NN1c1ccccc1. The summed E-state index contributed by atoms with van der Waals surface area (Å²) in [6.07, 6.45) is 0. The molecule has 19 heavy (non-hydrogen) atoms. The van der Waals surface area contributed by atoms with Crippen LogP contribution in [0.1, 0.15) is 11.6 Å². The minimum atomic E-state index is -0.0522. The largest absolute Gasteiger partial charge is 0.238 e. The topological polar surface area (TPSA) is 28.0 Å². The van der Waals surface area contributed by atoms with Gasteiger partial charge in [-0.15, -0.1) is 0 Å². The molecule has 5 heteroatoms. The van der Waals surface area contributed by atoms with Crippen LogP contribution in [0.3, 0.4) is 0 Å². The number of benzene rings is 2. The molecule has 2 aromatic rings. The zero-order valence-corrected chi connectivity index (χ0v) is 11.5. The van der Waals surface area contributed by atoms with Gasteiger partial charge in [0.2, 0.25) is 0 Å². The molecule has 0 aromatic heterocycles. The monoisotopic (exact) mass is 291 g/mol. The fourth-order valence-corrected chi connectivity index (χ4v) is 2.83. The lowest BCUT2D eigenvalue weighted by molar-refractivity contribution is 0.732. The molecule has 0 N–H and O–H groups in total. The van der Waals surface area contributed by atoms with E-state index < -0.39 is 0 Å². The molecule has 0 saturated carbocycles. The average molecular weight is 292 g/mol. The van der Waals surface area contributed by atoms with Crippen molar-refractivity contribution >= 4 is 28.9 Å². The van der Waals surface area contributed by atoms with Gasteiger partial charge >= 0.3 is 0 Å². The molecule has 3 rings (SSSR count). The van der Waals surface area contributed by atoms with Crippen molar-refractivity contribution in [1.82, 2.24) is 0 Å². The van der Waals surface area contributed by atoms with E-state index in [9.17, 15) is 0 Å². The lowest BCUT2D eigenvalue weighted by atomic mass is 10.1. The molecule has 0 fully saturated rings. The van der Waals surface area contributed by atoms with Crippen molar-refractivity contribution in [3.63, 3.8) is 0 Å². The second-order valence-corrected chi connectivity index (χ2v) is 5.06. The van der Waals surface area contributed by atoms with Gasteiger partial charge in [0.05, 0.1) is 12.2 Å². The van der Waals surface area contributed by atoms with Gasteiger partial charge in [0.1, 0.15) is 6.04 Å². The second-order valence-electron chi connectivity index (χ2n) is 4.24. The van der Waals surface area contributed by atoms with E-state index in [0.29, 0.717) is 16.6 Å². The Morgan fingerprint density at radius 3 is 2.32 bits per heavy atom. The van der Waals surface area contributed by atoms with Crippen molar-refractivity contribution < 1.29 is 0 Å². The quantitative estimate of drug-likeness (QED) is 0.772. The molecule has 0 bridgehead atoms. The van der Waals surface area contributed by atoms with Crippen molar-refractivity contribution in [3.05, 3.63) is 64.1 Å². The summed E-state index contributed by atoms with van der Waals surface area (Å²) >= 11 is 12.5. The number of para-hydroxylation sites is 1. The van der Waals surface area contributed by atoms with E-state index >= 15 is 0 Å². The van der Waals surface area contributed by atoms with E-state index in [1.54, 1.807) is 0 Å². The standard InChI is InChI=1S/C14H11Cl2N3/c15-11-7-4-8-12(16)14(11)13-9-17-18-19(13)10-5-2-1-3-6-10/h1-8,13H,9H2. The lowest BCUT2D eigenvalue weighted by Crippen LogP contribution is -2.21. The maximum absolute atomic E-state index is 6.27. The molecule has 1 atom stereocenters. The Bertz CT molecular complexity index is 593. The Hall–Kier alpha value is -1.58. The van der Waals surface area contributed by atoms with Gasteiger partial charge in [-0.25, -0.2) is 5.01 Å². The molecule has 1 aliphatic heterocycles. The Morgan fingerprint density at radius 2 is 1.63 bits per heavy atom. The van der Waals surface area contributed by atoms with Gasteiger partial charge in [0.25, 0.3) is 0 Å². The number of rotatable bonds is 2. The molecule has 0 radical (unpaired) electrons. The summed E-state index contributed by atoms with van der Waals surface area (Å²) in [4.78, 5) is 0. The van der Waals surface area contributed by atoms with Gasteiger partial charge in [0.15, 0.2) is 0 Å². The molecule has 0 saturated heterocycles. The van der Waals surface area contributed by atoms with Crippen LogP contribution in [0.15, 0.2) is 58.9 Å². The smallest absolute Gasteiger partial charge is 0.103 e. The first-order valence-electron chi connectivity index (χ1n) is 5.93. The van der Waals surface area contributed by atoms with Crippen LogP contribution in [0.4, 0.5) is 5.69 Å². The average Bonchev–Trinajstić information content (AvgIpc) is 2.89. The summed E-state index contributed by atoms with van der Waals surface area (Å²) in [5.74, 6) is 0. The van der Waals surface area contributed by atoms with Crippen molar-refractivity contribution in [2.45, 2.75) is 6.04 Å². The summed E-state index contributed by atoms with van der Waals surface area (Å²) in [5, 5.41) is 11.4. The Balaban J connectivity index is 2.02. The zero-order valence-electron chi connectivity index (χ0n) is 10.0. The maximum Gasteiger partial charge on any atom is 0.103 e. The first-order chi connectivity index (χ1) is 9.27. The highest BCUT2D eigenvalue weighted by atomic mass is 35.5. The van der Waals surface area contributed by atoms with Gasteiger partial charge in [-0.3, -0.25) is 0 Å². The summed E-state index contributed by atoms with van der Waals surface area (Å²) in [6, 6.07) is 15.3. The van der Waals surface area contributed by atoms with E-state index in [1.165, 1.54) is 0 Å². The van der Waals surface area contributed by atoms with Crippen LogP contribution in [0.2, 0.25) is 10.0 Å². The molecule has 1 unspecified atom stereocenters. The molecule has 3 nitrogen and oxygen atoms in total. The molecule has 96 valence electrons. The molecule has 0 amide bonds. The predicted octanol–water partition coefficient (Wildman–Crippen LogP) is 4.92. The van der Waals surface area contributed by atoms with E-state index in [1.807, 2.05) is 53.5 Å². The highest BCUT2D eigenvalue weighted by Crippen LogP contribution is 2.38. The molecule has 2 aromatic carbocycles. The van der Waals surface area contributed by atoms with E-state index in [0.717, 1.165) is 11.3 Å². The van der Waals surface area contributed by atoms with Crippen molar-refractivity contribution in [1.29, 1.82) is 0 Å². The minimum absolute atomic E-state index is 0.0522. The Labute approximate surface area is 121 Å². The third kappa shape index (κ3) is 2.31. The minimum Gasteiger partial charge on any atom is -0.238 e. The molecule has 0 spiro atoms. The van der Waals surface area contributed by atoms with Crippen molar-refractivity contribution in [2.75, 3.05) is 11.6 Å². The third-order valence-corrected chi connectivity index (χ3v) is 3.72. The number of hydrogen-bond donors (Lipinski definition) is 0. The van der Waals surface area contributed by atoms with E-state index in [4.69, 9.17) is 23.2 Å². The van der Waals surface area contributed by atoms with Crippen LogP contribution in [-0.2, 0) is 0 Å². The summed E-state index contributed by atoms with van der Waals surface area (Å²) in [5.41, 5.74) is 1.85. The normalized spacial score (nSPS) is 18.0. The van der Waals surface area contributed by atoms with Crippen molar-refractivity contribution in [2.24, 2.45) is 10.3 Å². The van der Waals surface area contributed by atoms with Crippen LogP contribution < -0.4 is 5.01 Å². The van der Waals surface area contributed by atoms with Crippen LogP contribution in [-0.4, -0.2) is 6.54 Å². The summed E-state index contributed by atoms with van der Waals surface area (Å²) < 4.78 is 0. The molecule has 1 aliphatic rings. The molecular weight excluding hydrogens is 281 g/mol. The molecule has 0 aliphatic carbocycles. The van der Waals surface area contributed by atoms with Gasteiger partial charge in [-0.05, 0) is 24.3 Å². The lowest BCUT2D eigenvalue weighted by Gasteiger charge is -2.23. The number of nitrogens with zero attached hydrogens (tertiary/aromatic N) is 3. The first kappa shape index (κ1) is 12.5. The number of hydrogen-bond acceptors (Lipinski definition) is 3. The number of halogens is 2. The number of anilines is 1. The molecule has 1 heterocycles. The highest BCUT2D eigenvalue weighted by Gasteiger charge is 2.29. The highest BCUT2D eigenvalue weighted by molar-refractivity contribution is 6.36. The van der Waals surface area contributed by atoms with Gasteiger partial charge < -0.3 is 0 Å². The van der Waals surface area contributed by atoms with Crippen LogP contribution in [0.5, 0.6) is 0 Å². The second kappa shape index (κ2) is 5.19.